The quantitative estimate of drug-likeness (QED) is 0.824. The maximum absolute atomic E-state index is 10.4. The lowest BCUT2D eigenvalue weighted by Gasteiger charge is -2.44. The Morgan fingerprint density at radius 1 is 0.619 bits per heavy atom. The van der Waals surface area contributed by atoms with Crippen molar-refractivity contribution in [2.75, 3.05) is 6.54 Å². The van der Waals surface area contributed by atoms with Crippen LogP contribution in [0.15, 0.2) is 0 Å². The van der Waals surface area contributed by atoms with Crippen molar-refractivity contribution in [2.24, 2.45) is 5.92 Å². The first-order valence-corrected chi connectivity index (χ1v) is 9.78. The molecule has 0 aromatic rings. The summed E-state index contributed by atoms with van der Waals surface area (Å²) >= 11 is 0. The van der Waals surface area contributed by atoms with E-state index in [1.54, 1.807) is 0 Å². The number of aliphatic hydroxyl groups is 1. The molecule has 2 unspecified atom stereocenters. The molecule has 0 radical (unpaired) electrons. The third kappa shape index (κ3) is 4.22. The van der Waals surface area contributed by atoms with Gasteiger partial charge in [0, 0.05) is 18.6 Å². The average molecular weight is 293 g/mol. The zero-order valence-electron chi connectivity index (χ0n) is 13.8. The number of hydrogen-bond donors (Lipinski definition) is 1. The van der Waals surface area contributed by atoms with Gasteiger partial charge in [-0.3, -0.25) is 4.90 Å². The van der Waals surface area contributed by atoms with Gasteiger partial charge in [0.05, 0.1) is 6.10 Å². The molecule has 0 amide bonds. The van der Waals surface area contributed by atoms with Crippen LogP contribution in [0.3, 0.4) is 0 Å². The van der Waals surface area contributed by atoms with Crippen molar-refractivity contribution in [2.45, 2.75) is 108 Å². The van der Waals surface area contributed by atoms with E-state index in [0.29, 0.717) is 5.92 Å². The van der Waals surface area contributed by atoms with Gasteiger partial charge in [0.25, 0.3) is 0 Å². The van der Waals surface area contributed by atoms with Crippen LogP contribution >= 0.6 is 0 Å². The lowest BCUT2D eigenvalue weighted by Crippen LogP contribution is -2.49. The molecule has 0 bridgehead atoms. The van der Waals surface area contributed by atoms with Crippen molar-refractivity contribution in [3.05, 3.63) is 0 Å². The van der Waals surface area contributed by atoms with Gasteiger partial charge >= 0.3 is 0 Å². The normalized spacial score (nSPS) is 33.4. The minimum Gasteiger partial charge on any atom is -0.393 e. The van der Waals surface area contributed by atoms with E-state index < -0.39 is 0 Å². The van der Waals surface area contributed by atoms with Gasteiger partial charge in [-0.05, 0) is 44.4 Å². The van der Waals surface area contributed by atoms with E-state index >= 15 is 0 Å². The van der Waals surface area contributed by atoms with Crippen LogP contribution < -0.4 is 0 Å². The molecular weight excluding hydrogens is 258 g/mol. The summed E-state index contributed by atoms with van der Waals surface area (Å²) in [7, 11) is 0. The molecule has 3 fully saturated rings. The zero-order chi connectivity index (χ0) is 14.5. The van der Waals surface area contributed by atoms with E-state index in [0.717, 1.165) is 18.5 Å². The van der Waals surface area contributed by atoms with Crippen LogP contribution in [0.25, 0.3) is 0 Å². The SMILES string of the molecule is OC1CCCCC1CN(C1CCCCC1)C1CCCCC1. The maximum Gasteiger partial charge on any atom is 0.0580 e. The minimum atomic E-state index is -0.0200. The van der Waals surface area contributed by atoms with E-state index in [2.05, 4.69) is 4.90 Å². The monoisotopic (exact) mass is 293 g/mol. The van der Waals surface area contributed by atoms with Crippen LogP contribution in [0.1, 0.15) is 89.9 Å². The summed E-state index contributed by atoms with van der Waals surface area (Å²) in [6, 6.07) is 1.66. The van der Waals surface area contributed by atoms with Gasteiger partial charge in [0.15, 0.2) is 0 Å². The van der Waals surface area contributed by atoms with Crippen LogP contribution in [0.4, 0.5) is 0 Å². The van der Waals surface area contributed by atoms with Gasteiger partial charge in [-0.1, -0.05) is 51.4 Å². The van der Waals surface area contributed by atoms with Crippen LogP contribution in [0.2, 0.25) is 0 Å². The third-order valence-electron chi connectivity index (χ3n) is 6.40. The molecule has 2 heteroatoms. The molecule has 2 atom stereocenters. The van der Waals surface area contributed by atoms with Gasteiger partial charge < -0.3 is 5.11 Å². The standard InChI is InChI=1S/C19H35NO/c21-19-14-8-7-9-16(19)15-20(17-10-3-1-4-11-17)18-12-5-2-6-13-18/h16-19,21H,1-15H2. The van der Waals surface area contributed by atoms with Crippen molar-refractivity contribution in [1.82, 2.24) is 4.90 Å². The van der Waals surface area contributed by atoms with Crippen LogP contribution in [-0.4, -0.2) is 34.7 Å². The summed E-state index contributed by atoms with van der Waals surface area (Å²) in [4.78, 5) is 2.89. The summed E-state index contributed by atoms with van der Waals surface area (Å²) in [6.07, 6.45) is 19.2. The molecule has 0 aliphatic heterocycles. The van der Waals surface area contributed by atoms with Crippen LogP contribution in [0, 0.1) is 5.92 Å². The van der Waals surface area contributed by atoms with E-state index in [9.17, 15) is 5.11 Å². The fraction of sp³-hybridized carbons (Fsp3) is 1.00. The Morgan fingerprint density at radius 2 is 1.10 bits per heavy atom. The van der Waals surface area contributed by atoms with Crippen molar-refractivity contribution < 1.29 is 5.11 Å². The second kappa shape index (κ2) is 7.97. The van der Waals surface area contributed by atoms with Gasteiger partial charge in [-0.2, -0.15) is 0 Å². The molecule has 0 spiro atoms. The largest absolute Gasteiger partial charge is 0.393 e. The number of rotatable bonds is 4. The van der Waals surface area contributed by atoms with E-state index in [-0.39, 0.29) is 6.10 Å². The Hall–Kier alpha value is -0.0800. The molecule has 2 nitrogen and oxygen atoms in total. The molecule has 21 heavy (non-hydrogen) atoms. The highest BCUT2D eigenvalue weighted by Crippen LogP contribution is 2.33. The molecule has 3 rings (SSSR count). The first kappa shape index (κ1) is 15.8. The highest BCUT2D eigenvalue weighted by atomic mass is 16.3. The Labute approximate surface area is 131 Å². The molecule has 122 valence electrons. The Kier molecular flexibility index (Phi) is 5.99. The molecule has 1 N–H and O–H groups in total. The Bertz CT molecular complexity index is 276. The fourth-order valence-electron chi connectivity index (χ4n) is 5.09. The third-order valence-corrected chi connectivity index (χ3v) is 6.40. The summed E-state index contributed by atoms with van der Waals surface area (Å²) in [5, 5.41) is 10.4. The van der Waals surface area contributed by atoms with E-state index in [4.69, 9.17) is 0 Å². The molecule has 0 heterocycles. The molecule has 0 aromatic heterocycles. The smallest absolute Gasteiger partial charge is 0.0580 e. The van der Waals surface area contributed by atoms with Gasteiger partial charge in [0.1, 0.15) is 0 Å². The second-order valence-electron chi connectivity index (χ2n) is 7.89. The van der Waals surface area contributed by atoms with Crippen LogP contribution in [-0.2, 0) is 0 Å². The highest BCUT2D eigenvalue weighted by Gasteiger charge is 2.33. The second-order valence-corrected chi connectivity index (χ2v) is 7.89. The topological polar surface area (TPSA) is 23.5 Å². The highest BCUT2D eigenvalue weighted by molar-refractivity contribution is 4.87. The summed E-state index contributed by atoms with van der Waals surface area (Å²) < 4.78 is 0. The summed E-state index contributed by atoms with van der Waals surface area (Å²) in [6.45, 7) is 1.19. The Morgan fingerprint density at radius 3 is 1.62 bits per heavy atom. The Balaban J connectivity index is 1.64. The molecule has 3 aliphatic carbocycles. The first-order chi connectivity index (χ1) is 10.3. The molecule has 0 saturated heterocycles. The van der Waals surface area contributed by atoms with Gasteiger partial charge in [-0.15, -0.1) is 0 Å². The fourth-order valence-corrected chi connectivity index (χ4v) is 5.09. The van der Waals surface area contributed by atoms with Crippen LogP contribution in [0.5, 0.6) is 0 Å². The minimum absolute atomic E-state index is 0.0200. The predicted molar refractivity (Wildman–Crippen MR) is 88.4 cm³/mol. The summed E-state index contributed by atoms with van der Waals surface area (Å²) in [5.41, 5.74) is 0. The van der Waals surface area contributed by atoms with Crippen molar-refractivity contribution in [1.29, 1.82) is 0 Å². The van der Waals surface area contributed by atoms with E-state index in [1.165, 1.54) is 90.0 Å². The van der Waals surface area contributed by atoms with Crippen molar-refractivity contribution in [3.63, 3.8) is 0 Å². The number of nitrogens with zero attached hydrogens (tertiary/aromatic N) is 1. The van der Waals surface area contributed by atoms with Gasteiger partial charge in [0.2, 0.25) is 0 Å². The van der Waals surface area contributed by atoms with Gasteiger partial charge in [-0.25, -0.2) is 0 Å². The number of aliphatic hydroxyl groups excluding tert-OH is 1. The molecule has 3 aliphatic rings. The van der Waals surface area contributed by atoms with Crippen molar-refractivity contribution >= 4 is 0 Å². The zero-order valence-corrected chi connectivity index (χ0v) is 13.8. The van der Waals surface area contributed by atoms with E-state index in [1.807, 2.05) is 0 Å². The number of hydrogen-bond acceptors (Lipinski definition) is 2. The molecule has 0 aromatic carbocycles. The predicted octanol–water partition coefficient (Wildman–Crippen LogP) is 4.50. The lowest BCUT2D eigenvalue weighted by molar-refractivity contribution is 0.00617. The molecule has 3 saturated carbocycles. The first-order valence-electron chi connectivity index (χ1n) is 9.78. The maximum atomic E-state index is 10.4. The molecular formula is C19H35NO. The average Bonchev–Trinajstić information content (AvgIpc) is 2.56. The van der Waals surface area contributed by atoms with Crippen molar-refractivity contribution in [3.8, 4) is 0 Å². The lowest BCUT2D eigenvalue weighted by atomic mass is 9.83. The summed E-state index contributed by atoms with van der Waals surface area (Å²) in [5.74, 6) is 0.558.